The molecule has 0 spiro atoms. The van der Waals surface area contributed by atoms with Crippen molar-refractivity contribution in [1.82, 2.24) is 9.97 Å². The van der Waals surface area contributed by atoms with Gasteiger partial charge in [-0.3, -0.25) is 0 Å². The molecule has 0 aliphatic carbocycles. The fourth-order valence-corrected chi connectivity index (χ4v) is 3.02. The first-order valence-corrected chi connectivity index (χ1v) is 8.13. The Balaban J connectivity index is 1.82. The topological polar surface area (TPSA) is 47.1 Å². The van der Waals surface area contributed by atoms with Crippen molar-refractivity contribution in [2.24, 2.45) is 0 Å². The van der Waals surface area contributed by atoms with Crippen LogP contribution in [0.4, 0.5) is 0 Å². The number of nitrogens with zero attached hydrogens (tertiary/aromatic N) is 1. The highest BCUT2D eigenvalue weighted by Gasteiger charge is 2.14. The Morgan fingerprint density at radius 2 is 1.92 bits per heavy atom. The zero-order valence-corrected chi connectivity index (χ0v) is 13.8. The first-order chi connectivity index (χ1) is 12.3. The smallest absolute Gasteiger partial charge is 0.161 e. The number of nitrogens with one attached hydrogen (secondary N) is 1. The molecule has 0 saturated heterocycles. The van der Waals surface area contributed by atoms with Crippen LogP contribution in [0.25, 0.3) is 27.7 Å². The first-order valence-electron chi connectivity index (χ1n) is 8.13. The average molecular weight is 330 g/mol. The molecule has 2 aromatic heterocycles. The van der Waals surface area contributed by atoms with Gasteiger partial charge in [0.1, 0.15) is 18.9 Å². The fourth-order valence-electron chi connectivity index (χ4n) is 3.02. The lowest BCUT2D eigenvalue weighted by atomic mass is 10.0. The Morgan fingerprint density at radius 3 is 2.72 bits per heavy atom. The first kappa shape index (κ1) is 15.3. The Hall–Kier alpha value is -3.27. The molecule has 0 saturated carbocycles. The molecule has 1 aliphatic heterocycles. The maximum absolute atomic E-state index is 5.68. The third kappa shape index (κ3) is 2.72. The van der Waals surface area contributed by atoms with E-state index in [9.17, 15) is 0 Å². The SMILES string of the molecule is C=C/C=C(\C=C)c1c[nH]c2ncc(-c3ccc4c(c3)OCCO4)cc12. The molecular weight excluding hydrogens is 312 g/mol. The average Bonchev–Trinajstić information content (AvgIpc) is 3.08. The minimum Gasteiger partial charge on any atom is -0.486 e. The number of fused-ring (bicyclic) bond motifs is 2. The standard InChI is InChI=1S/C21H18N2O2/c1-3-5-14(4-2)18-13-23-21-17(18)10-16(12-22-21)15-6-7-19-20(11-15)25-9-8-24-19/h3-7,10-13H,1-2,8-9H2,(H,22,23)/b14-5+. The number of pyridine rings is 1. The highest BCUT2D eigenvalue weighted by Crippen LogP contribution is 2.35. The van der Waals surface area contributed by atoms with E-state index in [1.165, 1.54) is 0 Å². The number of hydrogen-bond acceptors (Lipinski definition) is 3. The van der Waals surface area contributed by atoms with Crippen LogP contribution in [-0.2, 0) is 0 Å². The quantitative estimate of drug-likeness (QED) is 0.702. The van der Waals surface area contributed by atoms with E-state index >= 15 is 0 Å². The summed E-state index contributed by atoms with van der Waals surface area (Å²) in [6.07, 6.45) is 9.32. The fraction of sp³-hybridized carbons (Fsp3) is 0.0952. The highest BCUT2D eigenvalue weighted by molar-refractivity contribution is 5.95. The van der Waals surface area contributed by atoms with Gasteiger partial charge < -0.3 is 14.5 Å². The lowest BCUT2D eigenvalue weighted by molar-refractivity contribution is 0.171. The molecule has 1 N–H and O–H groups in total. The van der Waals surface area contributed by atoms with E-state index in [0.717, 1.165) is 44.8 Å². The maximum atomic E-state index is 5.68. The van der Waals surface area contributed by atoms with Crippen LogP contribution in [0.2, 0.25) is 0 Å². The number of ether oxygens (including phenoxy) is 2. The Labute approximate surface area is 146 Å². The second-order valence-electron chi connectivity index (χ2n) is 5.74. The zero-order chi connectivity index (χ0) is 17.2. The highest BCUT2D eigenvalue weighted by atomic mass is 16.6. The van der Waals surface area contributed by atoms with Crippen molar-refractivity contribution in [3.05, 3.63) is 73.6 Å². The van der Waals surface area contributed by atoms with Crippen LogP contribution in [0.5, 0.6) is 11.5 Å². The van der Waals surface area contributed by atoms with Crippen LogP contribution in [0.15, 0.2) is 68.0 Å². The Kier molecular flexibility index (Phi) is 3.86. The summed E-state index contributed by atoms with van der Waals surface area (Å²) in [6, 6.07) is 8.09. The lowest BCUT2D eigenvalue weighted by Gasteiger charge is -2.18. The van der Waals surface area contributed by atoms with E-state index < -0.39 is 0 Å². The van der Waals surface area contributed by atoms with Gasteiger partial charge in [0.05, 0.1) is 0 Å². The summed E-state index contributed by atoms with van der Waals surface area (Å²) in [7, 11) is 0. The van der Waals surface area contributed by atoms with E-state index in [-0.39, 0.29) is 0 Å². The molecule has 124 valence electrons. The van der Waals surface area contributed by atoms with Gasteiger partial charge in [0.15, 0.2) is 11.5 Å². The van der Waals surface area contributed by atoms with Crippen molar-refractivity contribution < 1.29 is 9.47 Å². The van der Waals surface area contributed by atoms with Gasteiger partial charge in [0, 0.05) is 28.9 Å². The second kappa shape index (κ2) is 6.32. The molecule has 25 heavy (non-hydrogen) atoms. The molecule has 1 aromatic carbocycles. The molecule has 0 fully saturated rings. The largest absolute Gasteiger partial charge is 0.486 e. The Morgan fingerprint density at radius 1 is 1.08 bits per heavy atom. The third-order valence-corrected chi connectivity index (χ3v) is 4.23. The minimum atomic E-state index is 0.574. The van der Waals surface area contributed by atoms with E-state index in [2.05, 4.69) is 29.2 Å². The zero-order valence-electron chi connectivity index (χ0n) is 13.8. The van der Waals surface area contributed by atoms with Crippen LogP contribution in [0.1, 0.15) is 5.56 Å². The van der Waals surface area contributed by atoms with Gasteiger partial charge in [0.25, 0.3) is 0 Å². The summed E-state index contributed by atoms with van der Waals surface area (Å²) in [6.45, 7) is 8.82. The van der Waals surface area contributed by atoms with Crippen LogP contribution >= 0.6 is 0 Å². The number of aromatic amines is 1. The second-order valence-corrected chi connectivity index (χ2v) is 5.74. The minimum absolute atomic E-state index is 0.574. The third-order valence-electron chi connectivity index (χ3n) is 4.23. The van der Waals surface area contributed by atoms with Crippen LogP contribution in [0, 0.1) is 0 Å². The summed E-state index contributed by atoms with van der Waals surface area (Å²) in [5.41, 5.74) is 4.96. The number of benzene rings is 1. The van der Waals surface area contributed by atoms with Gasteiger partial charge in [-0.15, -0.1) is 0 Å². The molecule has 4 rings (SSSR count). The van der Waals surface area contributed by atoms with E-state index in [4.69, 9.17) is 9.47 Å². The summed E-state index contributed by atoms with van der Waals surface area (Å²) < 4.78 is 11.3. The summed E-state index contributed by atoms with van der Waals surface area (Å²) in [5.74, 6) is 1.56. The summed E-state index contributed by atoms with van der Waals surface area (Å²) in [4.78, 5) is 7.76. The van der Waals surface area contributed by atoms with Crippen molar-refractivity contribution in [3.8, 4) is 22.6 Å². The predicted octanol–water partition coefficient (Wildman–Crippen LogP) is 4.76. The number of rotatable bonds is 4. The van der Waals surface area contributed by atoms with Crippen molar-refractivity contribution in [2.75, 3.05) is 13.2 Å². The predicted molar refractivity (Wildman–Crippen MR) is 101 cm³/mol. The van der Waals surface area contributed by atoms with Crippen molar-refractivity contribution >= 4 is 16.6 Å². The van der Waals surface area contributed by atoms with Gasteiger partial charge in [-0.05, 0) is 29.3 Å². The maximum Gasteiger partial charge on any atom is 0.161 e. The van der Waals surface area contributed by atoms with Gasteiger partial charge in [-0.1, -0.05) is 37.5 Å². The van der Waals surface area contributed by atoms with Gasteiger partial charge in [-0.25, -0.2) is 4.98 Å². The normalized spacial score (nSPS) is 13.7. The van der Waals surface area contributed by atoms with Gasteiger partial charge in [0.2, 0.25) is 0 Å². The number of aromatic nitrogens is 2. The number of H-pyrrole nitrogens is 1. The molecule has 0 radical (unpaired) electrons. The Bertz CT molecular complexity index is 998. The molecule has 4 heteroatoms. The summed E-state index contributed by atoms with van der Waals surface area (Å²) in [5, 5.41) is 1.04. The van der Waals surface area contributed by atoms with Crippen molar-refractivity contribution in [3.63, 3.8) is 0 Å². The number of hydrogen-bond donors (Lipinski definition) is 1. The van der Waals surface area contributed by atoms with Crippen LogP contribution in [-0.4, -0.2) is 23.2 Å². The van der Waals surface area contributed by atoms with E-state index in [1.54, 1.807) is 6.08 Å². The molecule has 4 nitrogen and oxygen atoms in total. The summed E-state index contributed by atoms with van der Waals surface area (Å²) >= 11 is 0. The molecule has 3 aromatic rings. The molecule has 0 bridgehead atoms. The molecule has 0 unspecified atom stereocenters. The number of allylic oxidation sites excluding steroid dienone is 4. The van der Waals surface area contributed by atoms with E-state index in [1.807, 2.05) is 42.7 Å². The van der Waals surface area contributed by atoms with Crippen molar-refractivity contribution in [1.29, 1.82) is 0 Å². The van der Waals surface area contributed by atoms with Gasteiger partial charge in [-0.2, -0.15) is 0 Å². The monoisotopic (exact) mass is 330 g/mol. The van der Waals surface area contributed by atoms with Crippen molar-refractivity contribution in [2.45, 2.75) is 0 Å². The van der Waals surface area contributed by atoms with Crippen LogP contribution in [0.3, 0.4) is 0 Å². The molecule has 0 amide bonds. The van der Waals surface area contributed by atoms with Crippen LogP contribution < -0.4 is 9.47 Å². The molecule has 3 heterocycles. The molecular formula is C21H18N2O2. The van der Waals surface area contributed by atoms with E-state index in [0.29, 0.717) is 13.2 Å². The molecule has 1 aliphatic rings. The lowest BCUT2D eigenvalue weighted by Crippen LogP contribution is -2.15. The van der Waals surface area contributed by atoms with Gasteiger partial charge >= 0.3 is 0 Å². The molecule has 0 atom stereocenters.